The number of carbonyl (C=O) groups excluding carboxylic acids is 2. The zero-order valence-corrected chi connectivity index (χ0v) is 14.1. The number of carbonyl (C=O) groups is 2. The van der Waals surface area contributed by atoms with Crippen molar-refractivity contribution in [2.75, 3.05) is 22.5 Å². The molecule has 0 radical (unpaired) electrons. The molecule has 1 N–H and O–H groups in total. The average molecular weight is 359 g/mol. The fraction of sp³-hybridized carbons (Fsp3) is 0.267. The van der Waals surface area contributed by atoms with Gasteiger partial charge in [0.25, 0.3) is 0 Å². The first-order chi connectivity index (χ1) is 11.7. The van der Waals surface area contributed by atoms with Crippen LogP contribution >= 0.6 is 23.1 Å². The van der Waals surface area contributed by atoms with Gasteiger partial charge in [-0.3, -0.25) is 9.59 Å². The molecule has 1 saturated heterocycles. The molecular formula is C15H13N5O2S2. The van der Waals surface area contributed by atoms with Crippen LogP contribution in [0.4, 0.5) is 10.8 Å². The lowest BCUT2D eigenvalue weighted by Crippen LogP contribution is -2.28. The van der Waals surface area contributed by atoms with Gasteiger partial charge in [0, 0.05) is 18.7 Å². The lowest BCUT2D eigenvalue weighted by Gasteiger charge is -2.16. The van der Waals surface area contributed by atoms with Crippen molar-refractivity contribution >= 4 is 45.7 Å². The molecule has 0 unspecified atom stereocenters. The Hall–Kier alpha value is -2.44. The summed E-state index contributed by atoms with van der Waals surface area (Å²) >= 11 is 2.49. The summed E-state index contributed by atoms with van der Waals surface area (Å²) in [7, 11) is 0. The molecule has 24 heavy (non-hydrogen) atoms. The maximum absolute atomic E-state index is 12.4. The van der Waals surface area contributed by atoms with Crippen LogP contribution in [0.3, 0.4) is 0 Å². The van der Waals surface area contributed by atoms with Crippen LogP contribution in [-0.2, 0) is 9.59 Å². The maximum atomic E-state index is 12.4. The molecule has 1 aromatic carbocycles. The van der Waals surface area contributed by atoms with Crippen LogP contribution in [-0.4, -0.2) is 34.3 Å². The second kappa shape index (κ2) is 7.42. The predicted molar refractivity (Wildman–Crippen MR) is 91.8 cm³/mol. The summed E-state index contributed by atoms with van der Waals surface area (Å²) in [5, 5.41) is 19.4. The number of para-hydroxylation sites is 1. The molecule has 3 rings (SSSR count). The fourth-order valence-corrected chi connectivity index (χ4v) is 3.78. The molecule has 1 atom stereocenters. The molecule has 7 nitrogen and oxygen atoms in total. The van der Waals surface area contributed by atoms with Crippen LogP contribution in [0.2, 0.25) is 0 Å². The minimum absolute atomic E-state index is 0.0659. The zero-order chi connectivity index (χ0) is 16.9. The molecule has 2 aromatic rings. The number of hydrogen-bond donors (Lipinski definition) is 1. The van der Waals surface area contributed by atoms with Crippen molar-refractivity contribution in [1.29, 1.82) is 5.26 Å². The van der Waals surface area contributed by atoms with Gasteiger partial charge >= 0.3 is 0 Å². The lowest BCUT2D eigenvalue weighted by atomic mass is 10.1. The van der Waals surface area contributed by atoms with E-state index >= 15 is 0 Å². The first kappa shape index (κ1) is 16.4. The summed E-state index contributed by atoms with van der Waals surface area (Å²) in [5.74, 6) is -0.443. The summed E-state index contributed by atoms with van der Waals surface area (Å²) in [6.07, 6.45) is 0.176. The first-order valence-corrected chi connectivity index (χ1v) is 8.97. The number of nitrogens with one attached hydrogen (secondary N) is 1. The van der Waals surface area contributed by atoms with Crippen molar-refractivity contribution in [3.8, 4) is 6.07 Å². The van der Waals surface area contributed by atoms with Crippen molar-refractivity contribution < 1.29 is 9.59 Å². The van der Waals surface area contributed by atoms with E-state index in [1.165, 1.54) is 23.1 Å². The van der Waals surface area contributed by atoms with E-state index in [0.29, 0.717) is 16.0 Å². The van der Waals surface area contributed by atoms with Crippen LogP contribution in [0.25, 0.3) is 0 Å². The van der Waals surface area contributed by atoms with E-state index in [4.69, 9.17) is 5.26 Å². The second-order valence-corrected chi connectivity index (χ2v) is 7.25. The van der Waals surface area contributed by atoms with Gasteiger partial charge in [0.15, 0.2) is 4.34 Å². The van der Waals surface area contributed by atoms with Crippen LogP contribution < -0.4 is 10.2 Å². The van der Waals surface area contributed by atoms with E-state index in [9.17, 15) is 9.59 Å². The molecule has 2 heterocycles. The number of rotatable bonds is 5. The smallest absolute Gasteiger partial charge is 0.231 e. The van der Waals surface area contributed by atoms with Crippen LogP contribution in [0, 0.1) is 17.2 Å². The highest BCUT2D eigenvalue weighted by molar-refractivity contribution is 8.01. The number of nitrogens with zero attached hydrogens (tertiary/aromatic N) is 4. The van der Waals surface area contributed by atoms with Crippen molar-refractivity contribution in [3.05, 3.63) is 30.3 Å². The summed E-state index contributed by atoms with van der Waals surface area (Å²) in [4.78, 5) is 26.1. The summed E-state index contributed by atoms with van der Waals surface area (Å²) < 4.78 is 0.625. The Morgan fingerprint density at radius 1 is 1.42 bits per heavy atom. The van der Waals surface area contributed by atoms with E-state index in [-0.39, 0.29) is 24.0 Å². The molecule has 1 aromatic heterocycles. The molecule has 1 aliphatic heterocycles. The Morgan fingerprint density at radius 2 is 2.21 bits per heavy atom. The molecule has 1 aliphatic rings. The van der Waals surface area contributed by atoms with Crippen LogP contribution in [0.5, 0.6) is 0 Å². The summed E-state index contributed by atoms with van der Waals surface area (Å²) in [6.45, 7) is 0.351. The number of nitriles is 1. The molecule has 122 valence electrons. The largest absolute Gasteiger partial charge is 0.312 e. The van der Waals surface area contributed by atoms with Crippen molar-refractivity contribution in [2.24, 2.45) is 5.92 Å². The number of anilines is 2. The summed E-state index contributed by atoms with van der Waals surface area (Å²) in [6, 6.07) is 11.3. The third kappa shape index (κ3) is 3.72. The van der Waals surface area contributed by atoms with E-state index in [0.717, 1.165) is 5.69 Å². The Morgan fingerprint density at radius 3 is 2.96 bits per heavy atom. The average Bonchev–Trinajstić information content (AvgIpc) is 3.20. The van der Waals surface area contributed by atoms with Gasteiger partial charge < -0.3 is 10.2 Å². The molecule has 1 fully saturated rings. The predicted octanol–water partition coefficient (Wildman–Crippen LogP) is 2.15. The lowest BCUT2D eigenvalue weighted by molar-refractivity contribution is -0.122. The van der Waals surface area contributed by atoms with E-state index in [1.54, 1.807) is 4.90 Å². The molecule has 0 saturated carbocycles. The first-order valence-electron chi connectivity index (χ1n) is 7.17. The molecule has 9 heteroatoms. The van der Waals surface area contributed by atoms with Gasteiger partial charge in [-0.25, -0.2) is 0 Å². The molecule has 0 aliphatic carbocycles. The third-order valence-electron chi connectivity index (χ3n) is 3.46. The minimum atomic E-state index is -0.420. The van der Waals surface area contributed by atoms with Gasteiger partial charge in [0.05, 0.1) is 17.7 Å². The summed E-state index contributed by atoms with van der Waals surface area (Å²) in [5.41, 5.74) is 0.795. The molecular weight excluding hydrogens is 346 g/mol. The Balaban J connectivity index is 1.61. The molecule has 2 amide bonds. The normalized spacial score (nSPS) is 16.9. The van der Waals surface area contributed by atoms with Gasteiger partial charge in [-0.15, -0.1) is 10.2 Å². The van der Waals surface area contributed by atoms with Gasteiger partial charge in [-0.1, -0.05) is 41.3 Å². The number of thioether (sulfide) groups is 1. The highest BCUT2D eigenvalue weighted by atomic mass is 32.2. The minimum Gasteiger partial charge on any atom is -0.312 e. The molecule has 0 spiro atoms. The number of benzene rings is 1. The molecule has 0 bridgehead atoms. The van der Waals surface area contributed by atoms with E-state index in [2.05, 4.69) is 15.5 Å². The second-order valence-electron chi connectivity index (χ2n) is 5.05. The highest BCUT2D eigenvalue weighted by Gasteiger charge is 2.35. The van der Waals surface area contributed by atoms with Crippen molar-refractivity contribution in [1.82, 2.24) is 10.2 Å². The Labute approximate surface area is 146 Å². The maximum Gasteiger partial charge on any atom is 0.231 e. The highest BCUT2D eigenvalue weighted by Crippen LogP contribution is 2.28. The van der Waals surface area contributed by atoms with E-state index < -0.39 is 5.92 Å². The van der Waals surface area contributed by atoms with Crippen LogP contribution in [0.1, 0.15) is 6.42 Å². The monoisotopic (exact) mass is 359 g/mol. The van der Waals surface area contributed by atoms with Crippen molar-refractivity contribution in [2.45, 2.75) is 10.8 Å². The van der Waals surface area contributed by atoms with Crippen LogP contribution in [0.15, 0.2) is 34.7 Å². The zero-order valence-electron chi connectivity index (χ0n) is 12.5. The fourth-order valence-electron chi connectivity index (χ4n) is 2.36. The van der Waals surface area contributed by atoms with Gasteiger partial charge in [-0.2, -0.15) is 5.26 Å². The van der Waals surface area contributed by atoms with Crippen molar-refractivity contribution in [3.63, 3.8) is 0 Å². The number of amides is 2. The third-order valence-corrected chi connectivity index (χ3v) is 5.30. The topological polar surface area (TPSA) is 99.0 Å². The number of hydrogen-bond acceptors (Lipinski definition) is 7. The Bertz CT molecular complexity index is 787. The van der Waals surface area contributed by atoms with E-state index in [1.807, 2.05) is 36.4 Å². The standard InChI is InChI=1S/C15H13N5O2S2/c16-6-7-23-15-19-18-14(24-15)17-13(22)10-8-12(21)20(9-10)11-4-2-1-3-5-11/h1-5,10H,7-9H2,(H,17,18,22)/t10-/m0/s1. The SMILES string of the molecule is N#CCSc1nnc(NC(=O)[C@H]2CC(=O)N(c3ccccc3)C2)s1. The van der Waals surface area contributed by atoms with Gasteiger partial charge in [0.1, 0.15) is 0 Å². The Kier molecular flexibility index (Phi) is 5.08. The quantitative estimate of drug-likeness (QED) is 0.649. The number of aromatic nitrogens is 2. The van der Waals surface area contributed by atoms with Gasteiger partial charge in [-0.05, 0) is 12.1 Å². The van der Waals surface area contributed by atoms with Gasteiger partial charge in [0.2, 0.25) is 16.9 Å².